The van der Waals surface area contributed by atoms with Crippen LogP contribution in [0.1, 0.15) is 15.9 Å². The first-order valence-corrected chi connectivity index (χ1v) is 7.62. The molecule has 134 valence electrons. The maximum absolute atomic E-state index is 12.2. The number of aromatic amines is 1. The van der Waals surface area contributed by atoms with E-state index in [9.17, 15) is 9.90 Å². The minimum absolute atomic E-state index is 0. The number of amides is 1. The van der Waals surface area contributed by atoms with Crippen LogP contribution in [-0.2, 0) is 4.74 Å². The summed E-state index contributed by atoms with van der Waals surface area (Å²) in [6.07, 6.45) is 1.44. The molecule has 0 spiro atoms. The highest BCUT2D eigenvalue weighted by Gasteiger charge is 2.16. The lowest BCUT2D eigenvalue weighted by Gasteiger charge is -2.05. The fourth-order valence-electron chi connectivity index (χ4n) is 2.55. The van der Waals surface area contributed by atoms with E-state index in [2.05, 4.69) is 15.3 Å². The lowest BCUT2D eigenvalue weighted by molar-refractivity contribution is 0.0937. The van der Waals surface area contributed by atoms with Gasteiger partial charge in [0.2, 0.25) is 0 Å². The number of aromatic hydroxyl groups is 1. The summed E-state index contributed by atoms with van der Waals surface area (Å²) in [4.78, 5) is 19.3. The van der Waals surface area contributed by atoms with Crippen LogP contribution in [0.15, 0.2) is 36.5 Å². The zero-order valence-corrected chi connectivity index (χ0v) is 14.8. The molecule has 0 saturated carbocycles. The van der Waals surface area contributed by atoms with Crippen molar-refractivity contribution in [3.05, 3.63) is 47.7 Å². The molecule has 0 aliphatic carbocycles. The van der Waals surface area contributed by atoms with Crippen molar-refractivity contribution in [1.29, 1.82) is 5.26 Å². The highest BCUT2D eigenvalue weighted by molar-refractivity contribution is 6.03. The molecular formula is C18H17ClN4O3. The number of hydrogen-bond acceptors (Lipinski definition) is 5. The molecule has 1 amide bonds. The zero-order valence-electron chi connectivity index (χ0n) is 13.9. The van der Waals surface area contributed by atoms with Gasteiger partial charge in [0.25, 0.3) is 5.91 Å². The van der Waals surface area contributed by atoms with Crippen LogP contribution in [0.3, 0.4) is 0 Å². The second-order valence-corrected chi connectivity index (χ2v) is 5.40. The number of nitrogens with one attached hydrogen (secondary N) is 2. The predicted molar refractivity (Wildman–Crippen MR) is 99.4 cm³/mol. The molecule has 0 bridgehead atoms. The van der Waals surface area contributed by atoms with Gasteiger partial charge >= 0.3 is 0 Å². The Labute approximate surface area is 156 Å². The number of benzene rings is 1. The van der Waals surface area contributed by atoms with E-state index in [-0.39, 0.29) is 24.2 Å². The second kappa shape index (κ2) is 8.34. The molecule has 0 atom stereocenters. The van der Waals surface area contributed by atoms with Crippen molar-refractivity contribution < 1.29 is 14.6 Å². The number of hydrogen-bond donors (Lipinski definition) is 3. The molecule has 8 heteroatoms. The minimum Gasteiger partial charge on any atom is -0.494 e. The molecule has 0 radical (unpaired) electrons. The monoisotopic (exact) mass is 372 g/mol. The van der Waals surface area contributed by atoms with E-state index >= 15 is 0 Å². The molecule has 0 unspecified atom stereocenters. The van der Waals surface area contributed by atoms with Gasteiger partial charge in [-0.25, -0.2) is 0 Å². The highest BCUT2D eigenvalue weighted by Crippen LogP contribution is 2.36. The lowest BCUT2D eigenvalue weighted by Crippen LogP contribution is -2.26. The SMILES string of the molecule is COCCNC(=O)c1ccc2[nH]c(O)c(-c3ccc(C#N)cn3)c2c1.Cl. The van der Waals surface area contributed by atoms with Gasteiger partial charge in [0, 0.05) is 36.3 Å². The van der Waals surface area contributed by atoms with Gasteiger partial charge in [-0.2, -0.15) is 5.26 Å². The van der Waals surface area contributed by atoms with Gasteiger partial charge in [-0.1, -0.05) is 0 Å². The normalized spacial score (nSPS) is 10.2. The van der Waals surface area contributed by atoms with Gasteiger partial charge in [-0.3, -0.25) is 9.78 Å². The number of aromatic nitrogens is 2. The Morgan fingerprint density at radius 2 is 2.19 bits per heavy atom. The summed E-state index contributed by atoms with van der Waals surface area (Å²) >= 11 is 0. The van der Waals surface area contributed by atoms with Crippen molar-refractivity contribution in [3.63, 3.8) is 0 Å². The largest absolute Gasteiger partial charge is 0.494 e. The van der Waals surface area contributed by atoms with Gasteiger partial charge < -0.3 is 20.1 Å². The number of pyridine rings is 1. The summed E-state index contributed by atoms with van der Waals surface area (Å²) in [6.45, 7) is 0.842. The number of nitriles is 1. The number of methoxy groups -OCH3 is 1. The fourth-order valence-corrected chi connectivity index (χ4v) is 2.55. The Morgan fingerprint density at radius 3 is 2.85 bits per heavy atom. The van der Waals surface area contributed by atoms with E-state index in [1.165, 1.54) is 6.20 Å². The van der Waals surface area contributed by atoms with Crippen LogP contribution in [0.4, 0.5) is 0 Å². The molecule has 3 N–H and O–H groups in total. The van der Waals surface area contributed by atoms with E-state index in [0.717, 1.165) is 0 Å². The van der Waals surface area contributed by atoms with Crippen molar-refractivity contribution in [1.82, 2.24) is 15.3 Å². The standard InChI is InChI=1S/C18H16N4O3.ClH/c1-25-7-6-20-17(23)12-3-5-14-13(8-12)16(18(24)22-14)15-4-2-11(9-19)10-21-15;/h2-5,8,10,22,24H,6-7H2,1H3,(H,20,23);1H. The molecular weight excluding hydrogens is 356 g/mol. The number of nitrogens with zero attached hydrogens (tertiary/aromatic N) is 2. The van der Waals surface area contributed by atoms with Gasteiger partial charge in [0.1, 0.15) is 6.07 Å². The van der Waals surface area contributed by atoms with Gasteiger partial charge in [-0.15, -0.1) is 12.4 Å². The smallest absolute Gasteiger partial charge is 0.251 e. The van der Waals surface area contributed by atoms with E-state index in [0.29, 0.717) is 46.4 Å². The number of rotatable bonds is 5. The number of H-pyrrole nitrogens is 1. The first-order chi connectivity index (χ1) is 12.1. The second-order valence-electron chi connectivity index (χ2n) is 5.40. The fraction of sp³-hybridized carbons (Fsp3) is 0.167. The highest BCUT2D eigenvalue weighted by atomic mass is 35.5. The summed E-state index contributed by atoms with van der Waals surface area (Å²) in [5, 5.41) is 22.5. The van der Waals surface area contributed by atoms with Crippen molar-refractivity contribution in [3.8, 4) is 23.2 Å². The Balaban J connectivity index is 0.00000243. The molecule has 2 heterocycles. The molecule has 3 aromatic rings. The Kier molecular flexibility index (Phi) is 6.17. The topological polar surface area (TPSA) is 111 Å². The predicted octanol–water partition coefficient (Wildman–Crippen LogP) is 2.61. The Bertz CT molecular complexity index is 961. The van der Waals surface area contributed by atoms with Crippen LogP contribution in [0, 0.1) is 11.3 Å². The summed E-state index contributed by atoms with van der Waals surface area (Å²) in [6, 6.07) is 10.4. The van der Waals surface area contributed by atoms with E-state index < -0.39 is 0 Å². The van der Waals surface area contributed by atoms with E-state index in [1.807, 2.05) is 6.07 Å². The number of ether oxygens (including phenoxy) is 1. The third-order valence-electron chi connectivity index (χ3n) is 3.78. The zero-order chi connectivity index (χ0) is 17.8. The summed E-state index contributed by atoms with van der Waals surface area (Å²) < 4.78 is 4.91. The number of carbonyl (C=O) groups excluding carboxylic acids is 1. The van der Waals surface area contributed by atoms with Crippen molar-refractivity contribution in [2.45, 2.75) is 0 Å². The molecule has 0 fully saturated rings. The van der Waals surface area contributed by atoms with Crippen molar-refractivity contribution in [2.24, 2.45) is 0 Å². The maximum Gasteiger partial charge on any atom is 0.251 e. The Morgan fingerprint density at radius 1 is 1.38 bits per heavy atom. The van der Waals surface area contributed by atoms with Crippen LogP contribution in [0.25, 0.3) is 22.2 Å². The number of carbonyl (C=O) groups is 1. The summed E-state index contributed by atoms with van der Waals surface area (Å²) in [7, 11) is 1.57. The van der Waals surface area contributed by atoms with Gasteiger partial charge in [-0.05, 0) is 30.3 Å². The minimum atomic E-state index is -0.224. The average molecular weight is 373 g/mol. The van der Waals surface area contributed by atoms with E-state index in [4.69, 9.17) is 10.00 Å². The first-order valence-electron chi connectivity index (χ1n) is 7.62. The van der Waals surface area contributed by atoms with Gasteiger partial charge in [0.15, 0.2) is 5.88 Å². The van der Waals surface area contributed by atoms with Gasteiger partial charge in [0.05, 0.1) is 23.4 Å². The van der Waals surface area contributed by atoms with Crippen molar-refractivity contribution in [2.75, 3.05) is 20.3 Å². The van der Waals surface area contributed by atoms with Crippen LogP contribution in [0.2, 0.25) is 0 Å². The average Bonchev–Trinajstić information content (AvgIpc) is 2.96. The molecule has 0 saturated heterocycles. The third kappa shape index (κ3) is 3.77. The molecule has 26 heavy (non-hydrogen) atoms. The van der Waals surface area contributed by atoms with Crippen LogP contribution in [0.5, 0.6) is 5.88 Å². The van der Waals surface area contributed by atoms with Crippen LogP contribution in [-0.4, -0.2) is 41.2 Å². The molecule has 0 aliphatic rings. The van der Waals surface area contributed by atoms with Crippen LogP contribution >= 0.6 is 12.4 Å². The van der Waals surface area contributed by atoms with Crippen LogP contribution < -0.4 is 5.32 Å². The Hall–Kier alpha value is -3.08. The van der Waals surface area contributed by atoms with E-state index in [1.54, 1.807) is 37.4 Å². The maximum atomic E-state index is 12.2. The molecule has 0 aliphatic heterocycles. The number of halogens is 1. The summed E-state index contributed by atoms with van der Waals surface area (Å²) in [5.41, 5.74) is 2.59. The summed E-state index contributed by atoms with van der Waals surface area (Å²) in [5.74, 6) is -0.262. The molecule has 7 nitrogen and oxygen atoms in total. The molecule has 3 rings (SSSR count). The lowest BCUT2D eigenvalue weighted by atomic mass is 10.1. The number of fused-ring (bicyclic) bond motifs is 1. The molecule has 2 aromatic heterocycles. The first kappa shape index (κ1) is 19.2. The third-order valence-corrected chi connectivity index (χ3v) is 3.78. The quantitative estimate of drug-likeness (QED) is 0.596. The van der Waals surface area contributed by atoms with Crippen molar-refractivity contribution >= 4 is 29.2 Å². The molecule has 1 aromatic carbocycles.